The lowest BCUT2D eigenvalue weighted by atomic mass is 10.0. The third-order valence-electron chi connectivity index (χ3n) is 2.15. The highest BCUT2D eigenvalue weighted by Gasteiger charge is 2.01. The minimum absolute atomic E-state index is 1.12. The minimum Gasteiger partial charge on any atom is -0.261 e. The minimum atomic E-state index is 1.12. The third-order valence-corrected chi connectivity index (χ3v) is 2.15. The summed E-state index contributed by atoms with van der Waals surface area (Å²) in [6, 6.07) is 6.30. The van der Waals surface area contributed by atoms with Crippen LogP contribution in [0.5, 0.6) is 0 Å². The second-order valence-corrected chi connectivity index (χ2v) is 3.21. The van der Waals surface area contributed by atoms with Gasteiger partial charge in [-0.3, -0.25) is 4.99 Å². The summed E-state index contributed by atoms with van der Waals surface area (Å²) in [4.78, 5) is 4.36. The van der Waals surface area contributed by atoms with E-state index in [1.54, 1.807) is 0 Å². The number of nitrogens with zero attached hydrogens (tertiary/aromatic N) is 1. The van der Waals surface area contributed by atoms with E-state index in [-0.39, 0.29) is 0 Å². The van der Waals surface area contributed by atoms with E-state index in [0.29, 0.717) is 0 Å². The largest absolute Gasteiger partial charge is 0.261 e. The molecule has 1 nitrogen and oxygen atoms in total. The molecule has 0 spiro atoms. The summed E-state index contributed by atoms with van der Waals surface area (Å²) in [5.41, 5.74) is 3.87. The van der Waals surface area contributed by atoms with Crippen LogP contribution in [0.1, 0.15) is 45.2 Å². The Bertz CT molecular complexity index is 300. The maximum atomic E-state index is 4.36. The van der Waals surface area contributed by atoms with Gasteiger partial charge in [0.05, 0.1) is 5.69 Å². The molecule has 0 saturated carbocycles. The zero-order valence-corrected chi connectivity index (χ0v) is 10.7. The second kappa shape index (κ2) is 8.22. The van der Waals surface area contributed by atoms with Crippen molar-refractivity contribution in [3.63, 3.8) is 0 Å². The van der Waals surface area contributed by atoms with Crippen molar-refractivity contribution in [3.8, 4) is 0 Å². The Morgan fingerprint density at radius 1 is 1.27 bits per heavy atom. The molecule has 0 N–H and O–H groups in total. The molecule has 0 unspecified atom stereocenters. The van der Waals surface area contributed by atoms with Crippen molar-refractivity contribution in [1.82, 2.24) is 0 Å². The van der Waals surface area contributed by atoms with Crippen molar-refractivity contribution in [2.45, 2.75) is 47.5 Å². The number of hydrogen-bond donors (Lipinski definition) is 0. The van der Waals surface area contributed by atoms with Crippen LogP contribution >= 0.6 is 0 Å². The summed E-state index contributed by atoms with van der Waals surface area (Å²) in [5, 5.41) is 0. The van der Waals surface area contributed by atoms with Gasteiger partial charge in [0.2, 0.25) is 0 Å². The van der Waals surface area contributed by atoms with Gasteiger partial charge in [0.25, 0.3) is 0 Å². The zero-order chi connectivity index (χ0) is 11.7. The Morgan fingerprint density at radius 3 is 2.47 bits per heavy atom. The van der Waals surface area contributed by atoms with Gasteiger partial charge in [-0.25, -0.2) is 0 Å². The summed E-state index contributed by atoms with van der Waals surface area (Å²) in [6.07, 6.45) is 4.16. The monoisotopic (exact) mass is 205 g/mol. The molecule has 0 aliphatic rings. The van der Waals surface area contributed by atoms with Crippen molar-refractivity contribution in [1.29, 1.82) is 0 Å². The quantitative estimate of drug-likeness (QED) is 0.634. The molecule has 0 bridgehead atoms. The maximum absolute atomic E-state index is 4.36. The van der Waals surface area contributed by atoms with Crippen LogP contribution in [-0.4, -0.2) is 6.21 Å². The average Bonchev–Trinajstić information content (AvgIpc) is 2.26. The van der Waals surface area contributed by atoms with Crippen molar-refractivity contribution in [3.05, 3.63) is 29.3 Å². The summed E-state index contributed by atoms with van der Waals surface area (Å²) in [7, 11) is 0. The van der Waals surface area contributed by atoms with E-state index in [9.17, 15) is 0 Å². The highest BCUT2D eigenvalue weighted by Crippen LogP contribution is 2.23. The van der Waals surface area contributed by atoms with E-state index in [0.717, 1.165) is 12.1 Å². The smallest absolute Gasteiger partial charge is 0.0660 e. The van der Waals surface area contributed by atoms with Crippen LogP contribution in [0.25, 0.3) is 0 Å². The van der Waals surface area contributed by atoms with E-state index < -0.39 is 0 Å². The standard InChI is InChI=1S/C12H17N.C2H6/c1-4-7-11-10(3)8-6-9-12(11)13-5-2;1-2/h5-6,8-9H,4,7H2,1-3H3;1-2H3. The van der Waals surface area contributed by atoms with Gasteiger partial charge < -0.3 is 0 Å². The first kappa shape index (κ1) is 13.9. The van der Waals surface area contributed by atoms with Crippen LogP contribution in [0, 0.1) is 6.92 Å². The van der Waals surface area contributed by atoms with Gasteiger partial charge in [-0.2, -0.15) is 0 Å². The lowest BCUT2D eigenvalue weighted by Gasteiger charge is -2.07. The van der Waals surface area contributed by atoms with Gasteiger partial charge in [-0.05, 0) is 37.5 Å². The third kappa shape index (κ3) is 4.28. The van der Waals surface area contributed by atoms with Crippen molar-refractivity contribution >= 4 is 11.9 Å². The lowest BCUT2D eigenvalue weighted by Crippen LogP contribution is -1.88. The molecule has 1 aromatic rings. The van der Waals surface area contributed by atoms with Gasteiger partial charge in [0.1, 0.15) is 0 Å². The molecule has 0 aromatic heterocycles. The number of aliphatic imine (C=N–C) groups is 1. The fourth-order valence-corrected chi connectivity index (χ4v) is 1.52. The van der Waals surface area contributed by atoms with E-state index in [1.807, 2.05) is 27.0 Å². The highest BCUT2D eigenvalue weighted by atomic mass is 14.7. The molecule has 0 aliphatic heterocycles. The average molecular weight is 205 g/mol. The Labute approximate surface area is 94.3 Å². The number of rotatable bonds is 3. The molecule has 0 atom stereocenters. The van der Waals surface area contributed by atoms with Crippen LogP contribution in [-0.2, 0) is 6.42 Å². The first-order chi connectivity index (χ1) is 7.29. The second-order valence-electron chi connectivity index (χ2n) is 3.21. The molecule has 0 radical (unpaired) electrons. The predicted molar refractivity (Wildman–Crippen MR) is 70.3 cm³/mol. The van der Waals surface area contributed by atoms with Crippen LogP contribution in [0.4, 0.5) is 5.69 Å². The summed E-state index contributed by atoms with van der Waals surface area (Å²) in [5.74, 6) is 0. The Kier molecular flexibility index (Phi) is 7.61. The first-order valence-corrected chi connectivity index (χ1v) is 5.86. The zero-order valence-electron chi connectivity index (χ0n) is 10.7. The van der Waals surface area contributed by atoms with Crippen LogP contribution in [0.2, 0.25) is 0 Å². The molecule has 15 heavy (non-hydrogen) atoms. The molecule has 1 rings (SSSR count). The Balaban J connectivity index is 0.000000921. The summed E-state index contributed by atoms with van der Waals surface area (Å²) < 4.78 is 0. The van der Waals surface area contributed by atoms with Gasteiger partial charge in [0, 0.05) is 6.21 Å². The van der Waals surface area contributed by atoms with Gasteiger partial charge in [-0.15, -0.1) is 0 Å². The van der Waals surface area contributed by atoms with Gasteiger partial charge in [-0.1, -0.05) is 39.3 Å². The van der Waals surface area contributed by atoms with E-state index in [2.05, 4.69) is 37.0 Å². The van der Waals surface area contributed by atoms with E-state index in [4.69, 9.17) is 0 Å². The van der Waals surface area contributed by atoms with Crippen molar-refractivity contribution in [2.24, 2.45) is 4.99 Å². The number of benzene rings is 1. The summed E-state index contributed by atoms with van der Waals surface area (Å²) >= 11 is 0. The van der Waals surface area contributed by atoms with E-state index in [1.165, 1.54) is 17.5 Å². The molecular weight excluding hydrogens is 182 g/mol. The summed E-state index contributed by atoms with van der Waals surface area (Å²) in [6.45, 7) is 10.3. The fraction of sp³-hybridized carbons (Fsp3) is 0.500. The molecule has 0 fully saturated rings. The lowest BCUT2D eigenvalue weighted by molar-refractivity contribution is 0.913. The SMILES string of the molecule is CC.CC=Nc1cccc(C)c1CCC. The molecule has 84 valence electrons. The Hall–Kier alpha value is -1.11. The molecule has 1 aromatic carbocycles. The molecule has 0 aliphatic carbocycles. The Morgan fingerprint density at radius 2 is 1.93 bits per heavy atom. The highest BCUT2D eigenvalue weighted by molar-refractivity contribution is 5.63. The normalized spacial score (nSPS) is 9.93. The molecule has 1 heteroatoms. The van der Waals surface area contributed by atoms with Gasteiger partial charge >= 0.3 is 0 Å². The molecular formula is C14H23N. The van der Waals surface area contributed by atoms with Crippen molar-refractivity contribution in [2.75, 3.05) is 0 Å². The van der Waals surface area contributed by atoms with Crippen molar-refractivity contribution < 1.29 is 0 Å². The fourth-order valence-electron chi connectivity index (χ4n) is 1.52. The molecule has 0 amide bonds. The first-order valence-electron chi connectivity index (χ1n) is 5.86. The molecule has 0 heterocycles. The van der Waals surface area contributed by atoms with Crippen LogP contribution < -0.4 is 0 Å². The molecule has 0 saturated heterocycles. The number of hydrogen-bond acceptors (Lipinski definition) is 1. The topological polar surface area (TPSA) is 12.4 Å². The predicted octanol–water partition coefficient (Wildman–Crippen LogP) is 4.70. The van der Waals surface area contributed by atoms with Crippen LogP contribution in [0.3, 0.4) is 0 Å². The van der Waals surface area contributed by atoms with E-state index >= 15 is 0 Å². The van der Waals surface area contributed by atoms with Gasteiger partial charge in [0.15, 0.2) is 0 Å². The maximum Gasteiger partial charge on any atom is 0.0660 e. The van der Waals surface area contributed by atoms with Crippen LogP contribution in [0.15, 0.2) is 23.2 Å². The number of aryl methyl sites for hydroxylation is 1.